The Hall–Kier alpha value is -1.97. The molecule has 3 nitrogen and oxygen atoms in total. The van der Waals surface area contributed by atoms with Crippen LogP contribution in [0.15, 0.2) is 48.5 Å². The highest BCUT2D eigenvalue weighted by Gasteiger charge is 2.18. The van der Waals surface area contributed by atoms with Crippen LogP contribution >= 0.6 is 23.2 Å². The van der Waals surface area contributed by atoms with Crippen LogP contribution in [0.3, 0.4) is 0 Å². The van der Waals surface area contributed by atoms with E-state index in [9.17, 15) is 0 Å². The van der Waals surface area contributed by atoms with Crippen LogP contribution in [-0.4, -0.2) is 9.55 Å². The molecule has 0 spiro atoms. The summed E-state index contributed by atoms with van der Waals surface area (Å²) in [6, 6.07) is 15.6. The lowest BCUT2D eigenvalue weighted by Gasteiger charge is -2.10. The monoisotopic (exact) mass is 359 g/mol. The average molecular weight is 360 g/mol. The number of nitrogen functional groups attached to an aromatic ring is 1. The van der Waals surface area contributed by atoms with Gasteiger partial charge in [0.25, 0.3) is 0 Å². The van der Waals surface area contributed by atoms with Gasteiger partial charge in [-0.25, -0.2) is 4.98 Å². The molecular formula is C19H19Cl2N3. The Bertz CT molecular complexity index is 841. The summed E-state index contributed by atoms with van der Waals surface area (Å²) in [5.74, 6) is 1.58. The molecular weight excluding hydrogens is 341 g/mol. The Balaban J connectivity index is 2.09. The molecule has 0 saturated heterocycles. The number of nitrogens with two attached hydrogens (primary N) is 1. The Morgan fingerprint density at radius 1 is 1.08 bits per heavy atom. The third-order valence-corrected chi connectivity index (χ3v) is 4.49. The summed E-state index contributed by atoms with van der Waals surface area (Å²) < 4.78 is 2.06. The van der Waals surface area contributed by atoms with E-state index in [2.05, 4.69) is 23.6 Å². The van der Waals surface area contributed by atoms with Gasteiger partial charge in [-0.2, -0.15) is 0 Å². The maximum atomic E-state index is 6.43. The minimum Gasteiger partial charge on any atom is -0.383 e. The zero-order chi connectivity index (χ0) is 17.1. The highest BCUT2D eigenvalue weighted by molar-refractivity contribution is 6.35. The van der Waals surface area contributed by atoms with Crippen molar-refractivity contribution < 1.29 is 0 Å². The zero-order valence-corrected chi connectivity index (χ0v) is 15.0. The van der Waals surface area contributed by atoms with Crippen molar-refractivity contribution in [1.29, 1.82) is 0 Å². The van der Waals surface area contributed by atoms with Crippen molar-refractivity contribution in [2.24, 2.45) is 0 Å². The number of rotatable bonds is 5. The molecule has 0 amide bonds. The lowest BCUT2D eigenvalue weighted by molar-refractivity contribution is 0.712. The van der Waals surface area contributed by atoms with Gasteiger partial charge in [0, 0.05) is 17.0 Å². The highest BCUT2D eigenvalue weighted by Crippen LogP contribution is 2.34. The lowest BCUT2D eigenvalue weighted by atomic mass is 10.1. The van der Waals surface area contributed by atoms with Crippen molar-refractivity contribution in [2.75, 3.05) is 5.73 Å². The third-order valence-electron chi connectivity index (χ3n) is 3.93. The van der Waals surface area contributed by atoms with Gasteiger partial charge < -0.3 is 10.3 Å². The maximum Gasteiger partial charge on any atom is 0.132 e. The molecule has 0 fully saturated rings. The average Bonchev–Trinajstić information content (AvgIpc) is 2.88. The van der Waals surface area contributed by atoms with Gasteiger partial charge >= 0.3 is 0 Å². The van der Waals surface area contributed by atoms with E-state index in [-0.39, 0.29) is 0 Å². The molecule has 0 unspecified atom stereocenters. The molecule has 0 aliphatic rings. The number of anilines is 1. The first-order valence-corrected chi connectivity index (χ1v) is 8.70. The molecule has 0 radical (unpaired) electrons. The van der Waals surface area contributed by atoms with Crippen molar-refractivity contribution in [3.63, 3.8) is 0 Å². The van der Waals surface area contributed by atoms with Crippen molar-refractivity contribution in [1.82, 2.24) is 9.55 Å². The number of benzene rings is 2. The Labute approximate surface area is 152 Å². The first-order valence-electron chi connectivity index (χ1n) is 7.94. The van der Waals surface area contributed by atoms with Gasteiger partial charge in [0.15, 0.2) is 0 Å². The van der Waals surface area contributed by atoms with E-state index < -0.39 is 0 Å². The minimum atomic E-state index is 0.596. The quantitative estimate of drug-likeness (QED) is 0.658. The molecule has 1 heterocycles. The van der Waals surface area contributed by atoms with Gasteiger partial charge in [0.05, 0.1) is 11.6 Å². The topological polar surface area (TPSA) is 43.8 Å². The third kappa shape index (κ3) is 3.42. The Kier molecular flexibility index (Phi) is 5.12. The second kappa shape index (κ2) is 7.29. The van der Waals surface area contributed by atoms with Crippen LogP contribution in [0.2, 0.25) is 10.0 Å². The van der Waals surface area contributed by atoms with E-state index in [4.69, 9.17) is 33.9 Å². The van der Waals surface area contributed by atoms with E-state index in [0.717, 1.165) is 24.2 Å². The van der Waals surface area contributed by atoms with Crippen molar-refractivity contribution >= 4 is 29.0 Å². The summed E-state index contributed by atoms with van der Waals surface area (Å²) in [6.07, 6.45) is 1.85. The Morgan fingerprint density at radius 3 is 2.54 bits per heavy atom. The van der Waals surface area contributed by atoms with Gasteiger partial charge in [-0.1, -0.05) is 60.5 Å². The summed E-state index contributed by atoms with van der Waals surface area (Å²) in [5.41, 5.74) is 9.08. The molecule has 3 aromatic rings. The van der Waals surface area contributed by atoms with E-state index in [1.54, 1.807) is 12.1 Å². The molecule has 124 valence electrons. The smallest absolute Gasteiger partial charge is 0.132 e. The van der Waals surface area contributed by atoms with Crippen LogP contribution in [0.5, 0.6) is 0 Å². The second-order valence-corrected chi connectivity index (χ2v) is 6.55. The summed E-state index contributed by atoms with van der Waals surface area (Å²) in [5, 5.41) is 1.21. The molecule has 24 heavy (non-hydrogen) atoms. The van der Waals surface area contributed by atoms with Gasteiger partial charge in [0.1, 0.15) is 17.3 Å². The molecule has 0 bridgehead atoms. The summed E-state index contributed by atoms with van der Waals surface area (Å²) in [4.78, 5) is 4.76. The van der Waals surface area contributed by atoms with E-state index in [1.165, 1.54) is 5.56 Å². The lowest BCUT2D eigenvalue weighted by Crippen LogP contribution is -2.08. The second-order valence-electron chi connectivity index (χ2n) is 5.71. The fraction of sp³-hybridized carbons (Fsp3) is 0.211. The van der Waals surface area contributed by atoms with E-state index in [0.29, 0.717) is 28.1 Å². The number of hydrogen-bond acceptors (Lipinski definition) is 2. The maximum absolute atomic E-state index is 6.43. The minimum absolute atomic E-state index is 0.596. The first kappa shape index (κ1) is 16.9. The van der Waals surface area contributed by atoms with Crippen molar-refractivity contribution in [2.45, 2.75) is 26.3 Å². The SMILES string of the molecule is CCCc1nc(-c2cc(Cl)ccc2Cl)c(N)n1Cc1ccccc1. The van der Waals surface area contributed by atoms with Gasteiger partial charge in [0.2, 0.25) is 0 Å². The highest BCUT2D eigenvalue weighted by atomic mass is 35.5. The van der Waals surface area contributed by atoms with E-state index >= 15 is 0 Å². The van der Waals surface area contributed by atoms with Gasteiger partial charge in [-0.15, -0.1) is 0 Å². The number of halogens is 2. The number of imidazole rings is 1. The molecule has 0 aliphatic carbocycles. The molecule has 0 aliphatic heterocycles. The summed E-state index contributed by atoms with van der Waals surface area (Å²) >= 11 is 12.5. The van der Waals surface area contributed by atoms with Gasteiger partial charge in [-0.05, 0) is 30.2 Å². The zero-order valence-electron chi connectivity index (χ0n) is 13.5. The molecule has 3 rings (SSSR count). The molecule has 2 aromatic carbocycles. The van der Waals surface area contributed by atoms with Crippen LogP contribution < -0.4 is 5.73 Å². The summed E-state index contributed by atoms with van der Waals surface area (Å²) in [6.45, 7) is 2.82. The largest absolute Gasteiger partial charge is 0.383 e. The van der Waals surface area contributed by atoms with Gasteiger partial charge in [-0.3, -0.25) is 0 Å². The van der Waals surface area contributed by atoms with Crippen LogP contribution in [0.4, 0.5) is 5.82 Å². The van der Waals surface area contributed by atoms with Crippen LogP contribution in [-0.2, 0) is 13.0 Å². The molecule has 5 heteroatoms. The molecule has 1 aromatic heterocycles. The number of aryl methyl sites for hydroxylation is 1. The fourth-order valence-corrected chi connectivity index (χ4v) is 3.13. The van der Waals surface area contributed by atoms with Crippen molar-refractivity contribution in [3.8, 4) is 11.3 Å². The predicted octanol–water partition coefficient (Wildman–Crippen LogP) is 5.44. The van der Waals surface area contributed by atoms with Crippen molar-refractivity contribution in [3.05, 3.63) is 70.0 Å². The van der Waals surface area contributed by atoms with E-state index in [1.807, 2.05) is 24.3 Å². The fourth-order valence-electron chi connectivity index (χ4n) is 2.75. The summed E-state index contributed by atoms with van der Waals surface area (Å²) in [7, 11) is 0. The van der Waals surface area contributed by atoms with Crippen LogP contribution in [0.1, 0.15) is 24.7 Å². The molecule has 0 atom stereocenters. The Morgan fingerprint density at radius 2 is 1.83 bits per heavy atom. The van der Waals surface area contributed by atoms with Crippen LogP contribution in [0.25, 0.3) is 11.3 Å². The normalized spacial score (nSPS) is 11.0. The standard InChI is InChI=1S/C19H19Cl2N3/c1-2-6-17-23-18(15-11-14(20)9-10-16(15)21)19(22)24(17)12-13-7-4-3-5-8-13/h3-5,7-11H,2,6,12,22H2,1H3. The molecule has 2 N–H and O–H groups in total. The number of nitrogens with zero attached hydrogens (tertiary/aromatic N) is 2. The number of aromatic nitrogens is 2. The predicted molar refractivity (Wildman–Crippen MR) is 102 cm³/mol. The molecule has 0 saturated carbocycles. The first-order chi connectivity index (χ1) is 11.6. The van der Waals surface area contributed by atoms with Crippen LogP contribution in [0, 0.1) is 0 Å². The number of hydrogen-bond donors (Lipinski definition) is 1.